The summed E-state index contributed by atoms with van der Waals surface area (Å²) in [6.45, 7) is 5.40. The maximum Gasteiger partial charge on any atom is 0.407 e. The number of rotatable bonds is 7. The van der Waals surface area contributed by atoms with Gasteiger partial charge in [-0.3, -0.25) is 4.79 Å². The van der Waals surface area contributed by atoms with Crippen molar-refractivity contribution in [3.63, 3.8) is 0 Å². The molecule has 0 spiro atoms. The van der Waals surface area contributed by atoms with E-state index < -0.39 is 17.6 Å². The third-order valence-electron chi connectivity index (χ3n) is 6.13. The van der Waals surface area contributed by atoms with Crippen LogP contribution >= 0.6 is 0 Å². The highest BCUT2D eigenvalue weighted by Gasteiger charge is 2.30. The predicted molar refractivity (Wildman–Crippen MR) is 134 cm³/mol. The molecule has 4 rings (SSSR count). The highest BCUT2D eigenvalue weighted by Crippen LogP contribution is 2.44. The summed E-state index contributed by atoms with van der Waals surface area (Å²) in [5.74, 6) is -1.38. The van der Waals surface area contributed by atoms with Crippen LogP contribution < -0.4 is 10.6 Å². The first-order valence-electron chi connectivity index (χ1n) is 11.4. The highest BCUT2D eigenvalue weighted by molar-refractivity contribution is 5.94. The number of alkyl carbamates (subject to hydrolysis) is 1. The van der Waals surface area contributed by atoms with E-state index in [-0.39, 0.29) is 30.4 Å². The summed E-state index contributed by atoms with van der Waals surface area (Å²) < 4.78 is 5.59. The summed E-state index contributed by atoms with van der Waals surface area (Å²) in [6.07, 6.45) is -0.580. The second-order valence-corrected chi connectivity index (χ2v) is 9.39. The molecule has 0 unspecified atom stereocenters. The first kappa shape index (κ1) is 24.0. The number of ether oxygens (including phenoxy) is 1. The smallest absolute Gasteiger partial charge is 0.407 e. The Morgan fingerprint density at radius 3 is 2.11 bits per heavy atom. The lowest BCUT2D eigenvalue weighted by molar-refractivity contribution is -0.117. The van der Waals surface area contributed by atoms with E-state index >= 15 is 0 Å². The zero-order chi connectivity index (χ0) is 25.2. The number of hydrogen-bond donors (Lipinski definition) is 3. The van der Waals surface area contributed by atoms with Crippen molar-refractivity contribution in [3.8, 4) is 11.1 Å². The van der Waals surface area contributed by atoms with Gasteiger partial charge in [-0.05, 0) is 66.8 Å². The van der Waals surface area contributed by atoms with E-state index in [1.165, 1.54) is 12.1 Å². The highest BCUT2D eigenvalue weighted by atomic mass is 16.5. The first-order valence-corrected chi connectivity index (χ1v) is 11.4. The molecular formula is C28H28N2O5. The molecule has 0 radical (unpaired) electrons. The summed E-state index contributed by atoms with van der Waals surface area (Å²) in [6, 6.07) is 20.7. The minimum absolute atomic E-state index is 0.0112. The number of carboxylic acids is 1. The Morgan fingerprint density at radius 2 is 1.54 bits per heavy atom. The molecule has 0 atom stereocenters. The Kier molecular flexibility index (Phi) is 6.60. The van der Waals surface area contributed by atoms with Gasteiger partial charge in [0.15, 0.2) is 0 Å². The fourth-order valence-electron chi connectivity index (χ4n) is 4.49. The van der Waals surface area contributed by atoms with Gasteiger partial charge in [0, 0.05) is 23.6 Å². The number of carboxylic acid groups (broad SMARTS) is 1. The Labute approximate surface area is 204 Å². The number of amides is 2. The number of aromatic carboxylic acids is 1. The Bertz CT molecular complexity index is 1250. The summed E-state index contributed by atoms with van der Waals surface area (Å²) >= 11 is 0. The Balaban J connectivity index is 1.34. The van der Waals surface area contributed by atoms with Crippen molar-refractivity contribution in [2.75, 3.05) is 11.9 Å². The number of nitrogens with one attached hydrogen (secondary N) is 2. The lowest BCUT2D eigenvalue weighted by Gasteiger charge is -2.26. The number of aryl methyl sites for hydroxylation is 1. The van der Waals surface area contributed by atoms with Gasteiger partial charge in [-0.2, -0.15) is 0 Å². The molecule has 0 heterocycles. The summed E-state index contributed by atoms with van der Waals surface area (Å²) in [4.78, 5) is 36.3. The van der Waals surface area contributed by atoms with Crippen molar-refractivity contribution in [3.05, 3.63) is 89.0 Å². The molecule has 7 heteroatoms. The van der Waals surface area contributed by atoms with Gasteiger partial charge in [0.2, 0.25) is 5.91 Å². The molecule has 0 saturated heterocycles. The molecule has 0 aliphatic heterocycles. The third kappa shape index (κ3) is 5.35. The van der Waals surface area contributed by atoms with Gasteiger partial charge in [0.25, 0.3) is 0 Å². The standard InChI is InChI=1S/C28H28N2O5/c1-17-14-18(26(32)33)12-13-24(17)29-25(31)15-28(2,3)30-27(34)35-16-23-21-10-6-4-8-19(21)20-9-5-7-11-22(20)23/h4-14,23H,15-16H2,1-3H3,(H,29,31)(H,30,34)(H,32,33). The van der Waals surface area contributed by atoms with Crippen LogP contribution in [0.25, 0.3) is 11.1 Å². The molecule has 2 amide bonds. The van der Waals surface area contributed by atoms with Crippen LogP contribution in [-0.4, -0.2) is 35.2 Å². The molecule has 1 aliphatic rings. The Hall–Kier alpha value is -4.13. The lowest BCUT2D eigenvalue weighted by atomic mass is 9.98. The molecule has 0 bridgehead atoms. The zero-order valence-electron chi connectivity index (χ0n) is 19.9. The quantitative estimate of drug-likeness (QED) is 0.431. The molecule has 180 valence electrons. The minimum atomic E-state index is -1.03. The van der Waals surface area contributed by atoms with Gasteiger partial charge >= 0.3 is 12.1 Å². The van der Waals surface area contributed by atoms with Crippen LogP contribution in [0.3, 0.4) is 0 Å². The van der Waals surface area contributed by atoms with Gasteiger partial charge in [0.05, 0.1) is 5.56 Å². The van der Waals surface area contributed by atoms with Crippen molar-refractivity contribution < 1.29 is 24.2 Å². The van der Waals surface area contributed by atoms with E-state index in [0.29, 0.717) is 11.3 Å². The van der Waals surface area contributed by atoms with Crippen molar-refractivity contribution >= 4 is 23.7 Å². The summed E-state index contributed by atoms with van der Waals surface area (Å²) in [5.41, 5.74) is 5.02. The third-order valence-corrected chi connectivity index (χ3v) is 6.13. The molecule has 3 aromatic rings. The molecule has 0 fully saturated rings. The van der Waals surface area contributed by atoms with E-state index in [1.807, 2.05) is 24.3 Å². The number of hydrogen-bond acceptors (Lipinski definition) is 4. The minimum Gasteiger partial charge on any atom is -0.478 e. The van der Waals surface area contributed by atoms with Crippen LogP contribution in [-0.2, 0) is 9.53 Å². The predicted octanol–water partition coefficient (Wildman–Crippen LogP) is 5.34. The maximum atomic E-state index is 12.6. The van der Waals surface area contributed by atoms with Crippen molar-refractivity contribution in [2.45, 2.75) is 38.6 Å². The lowest BCUT2D eigenvalue weighted by Crippen LogP contribution is -2.46. The van der Waals surface area contributed by atoms with Crippen molar-refractivity contribution in [1.82, 2.24) is 5.32 Å². The Morgan fingerprint density at radius 1 is 0.943 bits per heavy atom. The molecule has 35 heavy (non-hydrogen) atoms. The van der Waals surface area contributed by atoms with Gasteiger partial charge in [-0.1, -0.05) is 48.5 Å². The van der Waals surface area contributed by atoms with E-state index in [1.54, 1.807) is 26.8 Å². The number of benzene rings is 3. The normalized spacial score (nSPS) is 12.4. The zero-order valence-corrected chi connectivity index (χ0v) is 19.9. The van der Waals surface area contributed by atoms with Crippen LogP contribution in [0.4, 0.5) is 10.5 Å². The van der Waals surface area contributed by atoms with Gasteiger partial charge in [0.1, 0.15) is 6.61 Å². The summed E-state index contributed by atoms with van der Waals surface area (Å²) in [5, 5.41) is 14.7. The molecule has 3 N–H and O–H groups in total. The molecule has 0 saturated carbocycles. The fourth-order valence-corrected chi connectivity index (χ4v) is 4.49. The summed E-state index contributed by atoms with van der Waals surface area (Å²) in [7, 11) is 0. The van der Waals surface area contributed by atoms with E-state index in [4.69, 9.17) is 9.84 Å². The number of carbonyl (C=O) groups excluding carboxylic acids is 2. The van der Waals surface area contributed by atoms with Crippen LogP contribution in [0, 0.1) is 6.92 Å². The van der Waals surface area contributed by atoms with Crippen molar-refractivity contribution in [1.29, 1.82) is 0 Å². The number of anilines is 1. The van der Waals surface area contributed by atoms with E-state index in [9.17, 15) is 14.4 Å². The monoisotopic (exact) mass is 472 g/mol. The van der Waals surface area contributed by atoms with Crippen molar-refractivity contribution in [2.24, 2.45) is 0 Å². The average Bonchev–Trinajstić information content (AvgIpc) is 3.12. The molecule has 1 aliphatic carbocycles. The molecule has 0 aromatic heterocycles. The van der Waals surface area contributed by atoms with Crippen LogP contribution in [0.15, 0.2) is 66.7 Å². The first-order chi connectivity index (χ1) is 16.6. The molecular weight excluding hydrogens is 444 g/mol. The van der Waals surface area contributed by atoms with E-state index in [2.05, 4.69) is 34.9 Å². The van der Waals surface area contributed by atoms with Crippen LogP contribution in [0.5, 0.6) is 0 Å². The van der Waals surface area contributed by atoms with Crippen LogP contribution in [0.2, 0.25) is 0 Å². The SMILES string of the molecule is Cc1cc(C(=O)O)ccc1NC(=O)CC(C)(C)NC(=O)OCC1c2ccccc2-c2ccccc21. The van der Waals surface area contributed by atoms with Gasteiger partial charge < -0.3 is 20.5 Å². The van der Waals surface area contributed by atoms with Gasteiger partial charge in [-0.25, -0.2) is 9.59 Å². The van der Waals surface area contributed by atoms with Crippen LogP contribution in [0.1, 0.15) is 53.2 Å². The number of fused-ring (bicyclic) bond motifs is 3. The largest absolute Gasteiger partial charge is 0.478 e. The van der Waals surface area contributed by atoms with Gasteiger partial charge in [-0.15, -0.1) is 0 Å². The topological polar surface area (TPSA) is 105 Å². The van der Waals surface area contributed by atoms with E-state index in [0.717, 1.165) is 22.3 Å². The fraction of sp³-hybridized carbons (Fsp3) is 0.250. The average molecular weight is 473 g/mol. The second-order valence-electron chi connectivity index (χ2n) is 9.39. The number of carbonyl (C=O) groups is 3. The molecule has 7 nitrogen and oxygen atoms in total. The second kappa shape index (κ2) is 9.62. The molecule has 3 aromatic carbocycles. The maximum absolute atomic E-state index is 12.6.